The summed E-state index contributed by atoms with van der Waals surface area (Å²) in [6, 6.07) is 21.6. The topological polar surface area (TPSA) is 72.5 Å². The summed E-state index contributed by atoms with van der Waals surface area (Å²) in [5.74, 6) is -1.46. The van der Waals surface area contributed by atoms with Crippen LogP contribution in [0.4, 0.5) is 0 Å². The predicted molar refractivity (Wildman–Crippen MR) is 227 cm³/mol. The first-order valence-corrected chi connectivity index (χ1v) is 24.7. The number of methoxy groups -OCH3 is 1. The van der Waals surface area contributed by atoms with Crippen LogP contribution in [-0.2, 0) is 32.6 Å². The van der Waals surface area contributed by atoms with Crippen LogP contribution in [0.1, 0.15) is 104 Å². The van der Waals surface area contributed by atoms with Crippen LogP contribution in [0.25, 0.3) is 0 Å². The van der Waals surface area contributed by atoms with Gasteiger partial charge in [-0.25, -0.2) is 4.79 Å². The van der Waals surface area contributed by atoms with Crippen molar-refractivity contribution in [1.82, 2.24) is 0 Å². The van der Waals surface area contributed by atoms with Gasteiger partial charge in [0.15, 0.2) is 20.2 Å². The van der Waals surface area contributed by atoms with Crippen LogP contribution in [0.5, 0.6) is 0 Å². The molecule has 0 N–H and O–H groups in total. The second kappa shape index (κ2) is 17.6. The van der Waals surface area contributed by atoms with Crippen LogP contribution < -0.4 is 10.4 Å². The molecule has 0 radical (unpaired) electrons. The summed E-state index contributed by atoms with van der Waals surface area (Å²) in [4.78, 5) is 13.9. The SMILES string of the molecule is CO[C@@H](C(C)[C@H]1OC(C)(C)O[C@@H](/C(C)=C/[C@H](C)CO[Si](c2ccccc2)(c2ccccc2)C(C)(C)C)[C@H]1C)[C@@H](O[Si](C)(C)C(C)(C)C)C(=O)OC(C)(C)C. The third kappa shape index (κ3) is 11.0. The number of carbonyl (C=O) groups is 1. The van der Waals surface area contributed by atoms with Gasteiger partial charge >= 0.3 is 5.97 Å². The molecule has 2 aromatic rings. The third-order valence-electron chi connectivity index (χ3n) is 11.3. The Morgan fingerprint density at radius 3 is 1.78 bits per heavy atom. The van der Waals surface area contributed by atoms with E-state index in [2.05, 4.69) is 149 Å². The Bertz CT molecular complexity index is 1480. The van der Waals surface area contributed by atoms with Gasteiger partial charge in [-0.3, -0.25) is 0 Å². The lowest BCUT2D eigenvalue weighted by molar-refractivity contribution is -0.324. The Kier molecular flexibility index (Phi) is 15.1. The number of benzene rings is 2. The Balaban J connectivity index is 1.95. The van der Waals surface area contributed by atoms with Crippen molar-refractivity contribution in [2.75, 3.05) is 13.7 Å². The summed E-state index contributed by atoms with van der Waals surface area (Å²) in [5, 5.41) is 2.31. The predicted octanol–water partition coefficient (Wildman–Crippen LogP) is 9.68. The van der Waals surface area contributed by atoms with Gasteiger partial charge in [0.2, 0.25) is 0 Å². The van der Waals surface area contributed by atoms with E-state index in [0.717, 1.165) is 5.57 Å². The average Bonchev–Trinajstić information content (AvgIpc) is 3.04. The van der Waals surface area contributed by atoms with Crippen LogP contribution in [0, 0.1) is 17.8 Å². The highest BCUT2D eigenvalue weighted by molar-refractivity contribution is 6.99. The Labute approximate surface area is 331 Å². The standard InChI is InChI=1S/C45H74O7Si2/c1-31(30-48-54(44(11,12)13,35-25-21-19-22-26-35)36-27-23-20-24-28-36)29-32(2)37-33(3)38(50-45(14,15)49-37)34(4)39(47-16)40(41(46)51-42(5,6)7)52-53(17,18)43(8,9)10/h19-29,31,33-34,37-40H,30H2,1-18H3/b32-29+/t31-,33+,34?,37-,38-,39-,40+/m0/s1. The first-order valence-electron chi connectivity index (χ1n) is 19.9. The summed E-state index contributed by atoms with van der Waals surface area (Å²) >= 11 is 0. The lowest BCUT2D eigenvalue weighted by Crippen LogP contribution is -2.66. The highest BCUT2D eigenvalue weighted by atomic mass is 28.4. The van der Waals surface area contributed by atoms with Gasteiger partial charge in [-0.15, -0.1) is 0 Å². The number of rotatable bonds is 14. The van der Waals surface area contributed by atoms with Crippen molar-refractivity contribution < 1.29 is 32.6 Å². The number of hydrogen-bond donors (Lipinski definition) is 0. The van der Waals surface area contributed by atoms with E-state index < -0.39 is 46.2 Å². The van der Waals surface area contributed by atoms with Crippen molar-refractivity contribution in [2.24, 2.45) is 17.8 Å². The van der Waals surface area contributed by atoms with E-state index in [-0.39, 0.29) is 40.0 Å². The third-order valence-corrected chi connectivity index (χ3v) is 20.7. The summed E-state index contributed by atoms with van der Waals surface area (Å²) in [5.41, 5.74) is 0.452. The van der Waals surface area contributed by atoms with Crippen LogP contribution in [0.3, 0.4) is 0 Å². The Morgan fingerprint density at radius 1 is 0.852 bits per heavy atom. The van der Waals surface area contributed by atoms with Crippen LogP contribution >= 0.6 is 0 Å². The maximum absolute atomic E-state index is 13.9. The van der Waals surface area contributed by atoms with Crippen molar-refractivity contribution >= 4 is 33.0 Å². The quantitative estimate of drug-likeness (QED) is 0.107. The average molecular weight is 783 g/mol. The molecule has 2 aromatic carbocycles. The highest BCUT2D eigenvalue weighted by Gasteiger charge is 2.52. The second-order valence-electron chi connectivity index (χ2n) is 19.6. The van der Waals surface area contributed by atoms with Gasteiger partial charge in [0.1, 0.15) is 5.60 Å². The zero-order valence-corrected chi connectivity index (χ0v) is 39.0. The van der Waals surface area contributed by atoms with Crippen molar-refractivity contribution in [3.63, 3.8) is 0 Å². The summed E-state index contributed by atoms with van der Waals surface area (Å²) in [7, 11) is -3.45. The second-order valence-corrected chi connectivity index (χ2v) is 28.7. The fourth-order valence-electron chi connectivity index (χ4n) is 7.66. The highest BCUT2D eigenvalue weighted by Crippen LogP contribution is 2.43. The van der Waals surface area contributed by atoms with E-state index >= 15 is 0 Å². The van der Waals surface area contributed by atoms with Crippen molar-refractivity contribution in [1.29, 1.82) is 0 Å². The fraction of sp³-hybridized carbons (Fsp3) is 0.667. The molecule has 1 saturated heterocycles. The first kappa shape index (κ1) is 46.3. The molecular weight excluding hydrogens is 709 g/mol. The first-order chi connectivity index (χ1) is 24.7. The molecular formula is C45H74O7Si2. The summed E-state index contributed by atoms with van der Waals surface area (Å²) in [6.45, 7) is 36.5. The molecule has 0 aliphatic carbocycles. The molecule has 1 aliphatic rings. The maximum atomic E-state index is 13.9. The summed E-state index contributed by atoms with van der Waals surface area (Å²) < 4.78 is 39.8. The molecule has 3 rings (SSSR count). The minimum absolute atomic E-state index is 0.0566. The van der Waals surface area contributed by atoms with Crippen LogP contribution in [0.2, 0.25) is 23.2 Å². The van der Waals surface area contributed by atoms with Gasteiger partial charge in [0, 0.05) is 25.6 Å². The molecule has 9 heteroatoms. The van der Waals surface area contributed by atoms with Crippen molar-refractivity contribution in [3.8, 4) is 0 Å². The normalized spacial score (nSPS) is 22.6. The van der Waals surface area contributed by atoms with Gasteiger partial charge in [-0.2, -0.15) is 0 Å². The lowest BCUT2D eigenvalue weighted by atomic mass is 9.80. The molecule has 7 nitrogen and oxygen atoms in total. The molecule has 0 aromatic heterocycles. The minimum Gasteiger partial charge on any atom is -0.458 e. The lowest BCUT2D eigenvalue weighted by Gasteiger charge is -2.49. The molecule has 304 valence electrons. The Morgan fingerprint density at radius 2 is 1.35 bits per heavy atom. The number of carbonyl (C=O) groups excluding carboxylic acids is 1. The zero-order chi connectivity index (χ0) is 41.1. The molecule has 0 amide bonds. The fourth-order valence-corrected chi connectivity index (χ4v) is 13.5. The van der Waals surface area contributed by atoms with Gasteiger partial charge < -0.3 is 27.8 Å². The smallest absolute Gasteiger partial charge is 0.337 e. The molecule has 0 bridgehead atoms. The molecule has 1 heterocycles. The van der Waals surface area contributed by atoms with Gasteiger partial charge in [0.05, 0.1) is 18.3 Å². The van der Waals surface area contributed by atoms with Crippen LogP contribution in [0.15, 0.2) is 72.3 Å². The molecule has 1 unspecified atom stereocenters. The van der Waals surface area contributed by atoms with Crippen LogP contribution in [-0.4, -0.2) is 72.1 Å². The largest absolute Gasteiger partial charge is 0.458 e. The van der Waals surface area contributed by atoms with E-state index in [0.29, 0.717) is 6.61 Å². The monoisotopic (exact) mass is 782 g/mol. The van der Waals surface area contributed by atoms with E-state index in [4.69, 9.17) is 27.8 Å². The van der Waals surface area contributed by atoms with E-state index in [1.807, 2.05) is 34.6 Å². The summed E-state index contributed by atoms with van der Waals surface area (Å²) in [6.07, 6.45) is 0.249. The van der Waals surface area contributed by atoms with Gasteiger partial charge in [-0.05, 0) is 86.6 Å². The maximum Gasteiger partial charge on any atom is 0.337 e. The van der Waals surface area contributed by atoms with Gasteiger partial charge in [0.25, 0.3) is 8.32 Å². The molecule has 1 fully saturated rings. The van der Waals surface area contributed by atoms with Crippen molar-refractivity contribution in [3.05, 3.63) is 72.3 Å². The van der Waals surface area contributed by atoms with E-state index in [1.165, 1.54) is 10.4 Å². The zero-order valence-electron chi connectivity index (χ0n) is 37.0. The molecule has 7 atom stereocenters. The van der Waals surface area contributed by atoms with Gasteiger partial charge in [-0.1, -0.05) is 129 Å². The number of ether oxygens (including phenoxy) is 4. The Hall–Kier alpha value is -2.12. The molecule has 0 spiro atoms. The molecule has 54 heavy (non-hydrogen) atoms. The van der Waals surface area contributed by atoms with E-state index in [1.54, 1.807) is 7.11 Å². The van der Waals surface area contributed by atoms with E-state index in [9.17, 15) is 4.79 Å². The molecule has 1 aliphatic heterocycles. The minimum atomic E-state index is -2.69. The van der Waals surface area contributed by atoms with Crippen molar-refractivity contribution in [2.45, 2.75) is 163 Å². The molecule has 0 saturated carbocycles. The number of esters is 1. The number of hydrogen-bond acceptors (Lipinski definition) is 7.